The minimum atomic E-state index is -0.624. The molecule has 0 fully saturated rings. The van der Waals surface area contributed by atoms with Gasteiger partial charge in [-0.2, -0.15) is 0 Å². The molecule has 0 aromatic carbocycles. The van der Waals surface area contributed by atoms with E-state index in [1.54, 1.807) is 10.9 Å². The second kappa shape index (κ2) is 5.23. The Balaban J connectivity index is 2.30. The third kappa shape index (κ3) is 3.97. The van der Waals surface area contributed by atoms with E-state index in [9.17, 15) is 5.11 Å². The fourth-order valence-electron chi connectivity index (χ4n) is 1.56. The summed E-state index contributed by atoms with van der Waals surface area (Å²) in [6.45, 7) is 5.19. The van der Waals surface area contributed by atoms with Crippen molar-refractivity contribution < 1.29 is 5.11 Å². The van der Waals surface area contributed by atoms with Crippen molar-refractivity contribution in [2.75, 3.05) is 6.54 Å². The summed E-state index contributed by atoms with van der Waals surface area (Å²) in [4.78, 5) is 0. The molecule has 1 aromatic heterocycles. The maximum absolute atomic E-state index is 9.91. The van der Waals surface area contributed by atoms with Crippen LogP contribution in [0.2, 0.25) is 0 Å². The lowest BCUT2D eigenvalue weighted by atomic mass is 10.0. The number of hydrogen-bond acceptors (Lipinski definition) is 4. The zero-order valence-corrected chi connectivity index (χ0v) is 9.69. The summed E-state index contributed by atoms with van der Waals surface area (Å²) < 4.78 is 1.72. The third-order valence-electron chi connectivity index (χ3n) is 2.41. The minimum absolute atomic E-state index is 0.589. The Hall–Kier alpha value is -0.940. The van der Waals surface area contributed by atoms with Crippen LogP contribution in [0.25, 0.3) is 0 Å². The Morgan fingerprint density at radius 3 is 2.87 bits per heavy atom. The summed E-state index contributed by atoms with van der Waals surface area (Å²) >= 11 is 0. The summed E-state index contributed by atoms with van der Waals surface area (Å²) in [7, 11) is 1.86. The van der Waals surface area contributed by atoms with Gasteiger partial charge < -0.3 is 10.4 Å². The zero-order chi connectivity index (χ0) is 11.3. The molecule has 0 spiro atoms. The van der Waals surface area contributed by atoms with Crippen molar-refractivity contribution in [3.63, 3.8) is 0 Å². The minimum Gasteiger partial charge on any atom is -0.389 e. The molecule has 0 saturated heterocycles. The highest BCUT2D eigenvalue weighted by atomic mass is 16.3. The number of nitrogens with one attached hydrogen (secondary N) is 1. The van der Waals surface area contributed by atoms with Gasteiger partial charge in [0.1, 0.15) is 0 Å². The van der Waals surface area contributed by atoms with Gasteiger partial charge in [-0.1, -0.05) is 18.6 Å². The highest BCUT2D eigenvalue weighted by molar-refractivity contribution is 4.92. The van der Waals surface area contributed by atoms with Gasteiger partial charge in [-0.25, -0.2) is 0 Å². The number of aliphatic hydroxyl groups is 1. The Morgan fingerprint density at radius 1 is 1.60 bits per heavy atom. The molecule has 86 valence electrons. The highest BCUT2D eigenvalue weighted by Crippen LogP contribution is 2.10. The third-order valence-corrected chi connectivity index (χ3v) is 2.41. The van der Waals surface area contributed by atoms with Crippen LogP contribution < -0.4 is 5.32 Å². The van der Waals surface area contributed by atoms with E-state index in [2.05, 4.69) is 22.6 Å². The van der Waals surface area contributed by atoms with Crippen molar-refractivity contribution in [3.8, 4) is 0 Å². The standard InChI is InChI=1S/C10H20N4O/c1-4-5-10(2,15)8-11-6-9-7-12-13-14(9)3/h7,11,15H,4-6,8H2,1-3H3. The van der Waals surface area contributed by atoms with Gasteiger partial charge in [0.05, 0.1) is 17.5 Å². The number of hydrogen-bond donors (Lipinski definition) is 2. The van der Waals surface area contributed by atoms with Crippen molar-refractivity contribution in [2.45, 2.75) is 38.8 Å². The summed E-state index contributed by atoms with van der Waals surface area (Å²) in [5.74, 6) is 0. The van der Waals surface area contributed by atoms with E-state index in [1.807, 2.05) is 14.0 Å². The van der Waals surface area contributed by atoms with Gasteiger partial charge in [0, 0.05) is 20.1 Å². The predicted octanol–water partition coefficient (Wildman–Crippen LogP) is 0.456. The molecule has 5 nitrogen and oxygen atoms in total. The van der Waals surface area contributed by atoms with E-state index in [-0.39, 0.29) is 0 Å². The second-order valence-electron chi connectivity index (χ2n) is 4.20. The molecule has 1 unspecified atom stereocenters. The van der Waals surface area contributed by atoms with E-state index in [4.69, 9.17) is 0 Å². The molecule has 1 aromatic rings. The van der Waals surface area contributed by atoms with Gasteiger partial charge in [0.15, 0.2) is 0 Å². The Labute approximate surface area is 90.5 Å². The van der Waals surface area contributed by atoms with Crippen molar-refractivity contribution in [2.24, 2.45) is 7.05 Å². The number of aromatic nitrogens is 3. The van der Waals surface area contributed by atoms with Crippen molar-refractivity contribution in [1.82, 2.24) is 20.3 Å². The molecule has 0 aliphatic heterocycles. The van der Waals surface area contributed by atoms with Crippen LogP contribution in [0, 0.1) is 0 Å². The van der Waals surface area contributed by atoms with Gasteiger partial charge >= 0.3 is 0 Å². The van der Waals surface area contributed by atoms with Crippen LogP contribution >= 0.6 is 0 Å². The first-order valence-corrected chi connectivity index (χ1v) is 5.32. The zero-order valence-electron chi connectivity index (χ0n) is 9.69. The summed E-state index contributed by atoms with van der Waals surface area (Å²) in [5.41, 5.74) is 0.392. The maximum Gasteiger partial charge on any atom is 0.0743 e. The SMILES string of the molecule is CCCC(C)(O)CNCc1cnnn1C. The lowest BCUT2D eigenvalue weighted by molar-refractivity contribution is 0.0496. The van der Waals surface area contributed by atoms with Gasteiger partial charge in [-0.15, -0.1) is 5.10 Å². The molecule has 1 atom stereocenters. The van der Waals surface area contributed by atoms with Crippen LogP contribution in [0.15, 0.2) is 6.20 Å². The topological polar surface area (TPSA) is 63.0 Å². The molecule has 0 amide bonds. The largest absolute Gasteiger partial charge is 0.389 e. The molecule has 2 N–H and O–H groups in total. The molecule has 1 rings (SSSR count). The Bertz CT molecular complexity index is 295. The maximum atomic E-state index is 9.91. The first-order valence-electron chi connectivity index (χ1n) is 5.32. The number of rotatable bonds is 6. The molecule has 0 radical (unpaired) electrons. The normalized spacial score (nSPS) is 15.2. The van der Waals surface area contributed by atoms with E-state index in [0.717, 1.165) is 18.5 Å². The number of aryl methyl sites for hydroxylation is 1. The van der Waals surface area contributed by atoms with Gasteiger partial charge in [-0.05, 0) is 13.3 Å². The fourth-order valence-corrected chi connectivity index (χ4v) is 1.56. The van der Waals surface area contributed by atoms with Crippen LogP contribution in [0.3, 0.4) is 0 Å². The number of nitrogens with zero attached hydrogens (tertiary/aromatic N) is 3. The van der Waals surface area contributed by atoms with Crippen LogP contribution in [-0.4, -0.2) is 32.2 Å². The van der Waals surface area contributed by atoms with Gasteiger partial charge in [-0.3, -0.25) is 4.68 Å². The Morgan fingerprint density at radius 2 is 2.33 bits per heavy atom. The predicted molar refractivity (Wildman–Crippen MR) is 58.2 cm³/mol. The molecular formula is C10H20N4O. The molecule has 0 aliphatic carbocycles. The Kier molecular flexibility index (Phi) is 4.23. The smallest absolute Gasteiger partial charge is 0.0743 e. The first kappa shape index (κ1) is 12.1. The van der Waals surface area contributed by atoms with Gasteiger partial charge in [0.2, 0.25) is 0 Å². The van der Waals surface area contributed by atoms with E-state index < -0.39 is 5.60 Å². The van der Waals surface area contributed by atoms with Crippen molar-refractivity contribution in [1.29, 1.82) is 0 Å². The molecule has 0 aliphatic rings. The second-order valence-corrected chi connectivity index (χ2v) is 4.20. The molecule has 0 bridgehead atoms. The molecule has 5 heteroatoms. The van der Waals surface area contributed by atoms with Crippen molar-refractivity contribution >= 4 is 0 Å². The van der Waals surface area contributed by atoms with Crippen LogP contribution in [0.1, 0.15) is 32.4 Å². The lowest BCUT2D eigenvalue weighted by Gasteiger charge is -2.22. The van der Waals surface area contributed by atoms with Crippen LogP contribution in [0.5, 0.6) is 0 Å². The average Bonchev–Trinajstić information content (AvgIpc) is 2.51. The molecule has 1 heterocycles. The van der Waals surface area contributed by atoms with Crippen molar-refractivity contribution in [3.05, 3.63) is 11.9 Å². The summed E-state index contributed by atoms with van der Waals surface area (Å²) in [6, 6.07) is 0. The monoisotopic (exact) mass is 212 g/mol. The molecule has 15 heavy (non-hydrogen) atoms. The molecule has 0 saturated carbocycles. The van der Waals surface area contributed by atoms with Crippen LogP contribution in [0.4, 0.5) is 0 Å². The van der Waals surface area contributed by atoms with E-state index in [0.29, 0.717) is 13.1 Å². The highest BCUT2D eigenvalue weighted by Gasteiger charge is 2.18. The average molecular weight is 212 g/mol. The quantitative estimate of drug-likeness (QED) is 0.719. The van der Waals surface area contributed by atoms with E-state index in [1.165, 1.54) is 0 Å². The molecular weight excluding hydrogens is 192 g/mol. The first-order chi connectivity index (χ1) is 7.05. The fraction of sp³-hybridized carbons (Fsp3) is 0.800. The van der Waals surface area contributed by atoms with Gasteiger partial charge in [0.25, 0.3) is 0 Å². The lowest BCUT2D eigenvalue weighted by Crippen LogP contribution is -2.37. The van der Waals surface area contributed by atoms with Crippen LogP contribution in [-0.2, 0) is 13.6 Å². The summed E-state index contributed by atoms with van der Waals surface area (Å²) in [5, 5.41) is 20.7. The summed E-state index contributed by atoms with van der Waals surface area (Å²) in [6.07, 6.45) is 3.52. The van der Waals surface area contributed by atoms with E-state index >= 15 is 0 Å².